The number of rotatable bonds is 5. The molecule has 5 nitrogen and oxygen atoms in total. The molecule has 0 bridgehead atoms. The van der Waals surface area contributed by atoms with E-state index >= 15 is 0 Å². The molecule has 0 aliphatic carbocycles. The van der Waals surface area contributed by atoms with Gasteiger partial charge in [-0.1, -0.05) is 0 Å². The van der Waals surface area contributed by atoms with Gasteiger partial charge < -0.3 is 5.73 Å². The molecule has 0 saturated carbocycles. The lowest BCUT2D eigenvalue weighted by molar-refractivity contribution is -0.490. The smallest absolute Gasteiger partial charge is 0.265 e. The van der Waals surface area contributed by atoms with Crippen molar-refractivity contribution in [2.45, 2.75) is 6.42 Å². The zero-order valence-corrected chi connectivity index (χ0v) is 7.92. The largest absolute Gasteiger partial charge is 0.325 e. The summed E-state index contributed by atoms with van der Waals surface area (Å²) in [5.74, 6) is -0.234. The highest BCUT2D eigenvalue weighted by Gasteiger charge is 2.03. The first-order valence-electron chi connectivity index (χ1n) is 3.64. The van der Waals surface area contributed by atoms with Crippen LogP contribution in [0.15, 0.2) is 0 Å². The third-order valence-corrected chi connectivity index (χ3v) is 2.05. The van der Waals surface area contributed by atoms with Gasteiger partial charge in [-0.25, -0.2) is 4.58 Å². The summed E-state index contributed by atoms with van der Waals surface area (Å²) in [5.41, 5.74) is 5.26. The first-order chi connectivity index (χ1) is 5.45. The maximum Gasteiger partial charge on any atom is 0.265 e. The Morgan fingerprint density at radius 1 is 1.58 bits per heavy atom. The molecule has 0 spiro atoms. The highest BCUT2D eigenvalue weighted by Crippen LogP contribution is 1.84. The number of likely N-dealkylation sites (N-methyl/N-ethyl adjacent to an activating group) is 1. The van der Waals surface area contributed by atoms with Gasteiger partial charge in [0.2, 0.25) is 0 Å². The van der Waals surface area contributed by atoms with Crippen LogP contribution in [0.2, 0.25) is 0 Å². The third-order valence-electron chi connectivity index (χ3n) is 1.30. The van der Waals surface area contributed by atoms with E-state index in [0.29, 0.717) is 19.5 Å². The molecule has 0 aromatic rings. The Morgan fingerprint density at radius 2 is 2.17 bits per heavy atom. The van der Waals surface area contributed by atoms with Crippen molar-refractivity contribution in [3.05, 3.63) is 0 Å². The fourth-order valence-electron chi connectivity index (χ4n) is 0.717. The van der Waals surface area contributed by atoms with E-state index in [0.717, 1.165) is 0 Å². The van der Waals surface area contributed by atoms with Gasteiger partial charge >= 0.3 is 0 Å². The van der Waals surface area contributed by atoms with Crippen molar-refractivity contribution >= 4 is 16.3 Å². The molecule has 0 aromatic carbocycles. The summed E-state index contributed by atoms with van der Waals surface area (Å²) in [6.07, 6.45) is 2.01. The van der Waals surface area contributed by atoms with Crippen molar-refractivity contribution in [1.29, 1.82) is 0 Å². The normalized spacial score (nSPS) is 13.4. The molecule has 0 unspecified atom stereocenters. The number of nitrogens with two attached hydrogens (primary N) is 1. The molecule has 6 heteroatoms. The molecule has 0 radical (unpaired) electrons. The summed E-state index contributed by atoms with van der Waals surface area (Å²) in [5, 5.41) is 0. The van der Waals surface area contributed by atoms with Crippen LogP contribution in [0.4, 0.5) is 0 Å². The van der Waals surface area contributed by atoms with Gasteiger partial charge in [0.25, 0.3) is 10.1 Å². The van der Waals surface area contributed by atoms with Gasteiger partial charge in [-0.3, -0.25) is 4.55 Å². The monoisotopic (exact) mass is 195 g/mol. The van der Waals surface area contributed by atoms with Crippen molar-refractivity contribution in [2.24, 2.45) is 5.73 Å². The Bertz CT molecular complexity index is 246. The Morgan fingerprint density at radius 3 is 2.58 bits per heavy atom. The van der Waals surface area contributed by atoms with Crippen LogP contribution in [0, 0.1) is 0 Å². The summed E-state index contributed by atoms with van der Waals surface area (Å²) >= 11 is 0. The Hall–Kier alpha value is -0.460. The average molecular weight is 195 g/mol. The first-order valence-corrected chi connectivity index (χ1v) is 5.25. The fraction of sp³-hybridized carbons (Fsp3) is 0.833. The molecule has 0 aliphatic heterocycles. The SMILES string of the molecule is C[N+](=CCCS(=O)(=O)O)CCN. The van der Waals surface area contributed by atoms with Gasteiger partial charge in [0.15, 0.2) is 6.54 Å². The average Bonchev–Trinajstić information content (AvgIpc) is 1.84. The van der Waals surface area contributed by atoms with Crippen LogP contribution in [0.25, 0.3) is 0 Å². The number of hydrogen-bond acceptors (Lipinski definition) is 3. The minimum atomic E-state index is -3.82. The van der Waals surface area contributed by atoms with Gasteiger partial charge in [0.05, 0.1) is 12.3 Å². The number of hydrogen-bond donors (Lipinski definition) is 2. The molecule has 0 fully saturated rings. The van der Waals surface area contributed by atoms with E-state index in [9.17, 15) is 8.42 Å². The van der Waals surface area contributed by atoms with E-state index < -0.39 is 10.1 Å². The molecule has 0 saturated heterocycles. The van der Waals surface area contributed by atoms with Crippen molar-refractivity contribution in [2.75, 3.05) is 25.9 Å². The molecule has 0 amide bonds. The van der Waals surface area contributed by atoms with E-state index in [1.807, 2.05) is 0 Å². The zero-order valence-electron chi connectivity index (χ0n) is 7.10. The fourth-order valence-corrected chi connectivity index (χ4v) is 1.12. The second-order valence-electron chi connectivity index (χ2n) is 2.53. The Balaban J connectivity index is 3.75. The Kier molecular flexibility index (Phi) is 5.03. The second kappa shape index (κ2) is 5.23. The molecule has 12 heavy (non-hydrogen) atoms. The lowest BCUT2D eigenvalue weighted by Crippen LogP contribution is -2.18. The zero-order chi connectivity index (χ0) is 9.61. The standard InChI is InChI=1S/C6H14N2O3S/c1-8(5-3-7)4-2-6-12(9,10)11/h4H,2-3,5-7H2,1H3/p+1. The van der Waals surface area contributed by atoms with E-state index in [1.165, 1.54) is 0 Å². The van der Waals surface area contributed by atoms with Gasteiger partial charge in [0.1, 0.15) is 13.3 Å². The van der Waals surface area contributed by atoms with Crippen LogP contribution in [-0.2, 0) is 10.1 Å². The maximum atomic E-state index is 10.3. The predicted molar refractivity (Wildman–Crippen MR) is 47.2 cm³/mol. The van der Waals surface area contributed by atoms with E-state index in [4.69, 9.17) is 10.3 Å². The van der Waals surface area contributed by atoms with Crippen molar-refractivity contribution in [3.63, 3.8) is 0 Å². The van der Waals surface area contributed by atoms with Gasteiger partial charge in [-0.05, 0) is 0 Å². The molecule has 0 aromatic heterocycles. The van der Waals surface area contributed by atoms with Crippen LogP contribution in [0.3, 0.4) is 0 Å². The van der Waals surface area contributed by atoms with E-state index in [1.54, 1.807) is 17.8 Å². The third kappa shape index (κ3) is 7.64. The summed E-state index contributed by atoms with van der Waals surface area (Å²) in [7, 11) is -2.02. The molecular formula is C6H15N2O3S+. The maximum absolute atomic E-state index is 10.3. The highest BCUT2D eigenvalue weighted by molar-refractivity contribution is 7.85. The first kappa shape index (κ1) is 11.5. The highest BCUT2D eigenvalue weighted by atomic mass is 32.2. The summed E-state index contributed by atoms with van der Waals surface area (Å²) in [6, 6.07) is 0. The minimum Gasteiger partial charge on any atom is -0.325 e. The van der Waals surface area contributed by atoms with Crippen LogP contribution < -0.4 is 5.73 Å². The topological polar surface area (TPSA) is 83.4 Å². The summed E-state index contributed by atoms with van der Waals surface area (Å²) in [6.45, 7) is 1.21. The van der Waals surface area contributed by atoms with Crippen LogP contribution in [0.5, 0.6) is 0 Å². The summed E-state index contributed by atoms with van der Waals surface area (Å²) < 4.78 is 30.7. The van der Waals surface area contributed by atoms with Crippen molar-refractivity contribution in [3.8, 4) is 0 Å². The lowest BCUT2D eigenvalue weighted by atomic mass is 10.5. The minimum absolute atomic E-state index is 0.234. The van der Waals surface area contributed by atoms with Crippen molar-refractivity contribution < 1.29 is 17.5 Å². The summed E-state index contributed by atoms with van der Waals surface area (Å²) in [4.78, 5) is 0. The number of nitrogens with zero attached hydrogens (tertiary/aromatic N) is 1. The molecule has 0 atom stereocenters. The quantitative estimate of drug-likeness (QED) is 0.332. The lowest BCUT2D eigenvalue weighted by Gasteiger charge is -1.93. The van der Waals surface area contributed by atoms with E-state index in [-0.39, 0.29) is 5.75 Å². The van der Waals surface area contributed by atoms with Crippen molar-refractivity contribution in [1.82, 2.24) is 0 Å². The van der Waals surface area contributed by atoms with Gasteiger partial charge in [0, 0.05) is 6.42 Å². The molecule has 72 valence electrons. The van der Waals surface area contributed by atoms with E-state index in [2.05, 4.69) is 0 Å². The molecular weight excluding hydrogens is 180 g/mol. The molecule has 0 heterocycles. The predicted octanol–water partition coefficient (Wildman–Crippen LogP) is -1.06. The Labute approximate surface area is 72.6 Å². The molecule has 3 N–H and O–H groups in total. The van der Waals surface area contributed by atoms with Crippen LogP contribution >= 0.6 is 0 Å². The van der Waals surface area contributed by atoms with Gasteiger partial charge in [-0.15, -0.1) is 0 Å². The molecule has 0 aliphatic rings. The van der Waals surface area contributed by atoms with Crippen LogP contribution in [0.1, 0.15) is 6.42 Å². The molecule has 0 rings (SSSR count). The van der Waals surface area contributed by atoms with Crippen LogP contribution in [-0.4, -0.2) is 49.7 Å². The second-order valence-corrected chi connectivity index (χ2v) is 4.10. The van der Waals surface area contributed by atoms with Gasteiger partial charge in [-0.2, -0.15) is 8.42 Å².